The summed E-state index contributed by atoms with van der Waals surface area (Å²) in [5.74, 6) is 0.755. The fourth-order valence-corrected chi connectivity index (χ4v) is 3.03. The average Bonchev–Trinajstić information content (AvgIpc) is 2.61. The molecule has 6 heteroatoms. The van der Waals surface area contributed by atoms with Gasteiger partial charge in [0, 0.05) is 20.1 Å². The van der Waals surface area contributed by atoms with Crippen LogP contribution in [0.5, 0.6) is 5.75 Å². The van der Waals surface area contributed by atoms with Gasteiger partial charge in [0.25, 0.3) is 0 Å². The molecule has 2 rings (SSSR count). The molecule has 1 atom stereocenters. The van der Waals surface area contributed by atoms with Crippen LogP contribution in [0.2, 0.25) is 0 Å². The highest BCUT2D eigenvalue weighted by Crippen LogP contribution is 2.20. The molecular weight excluding hydrogens is 306 g/mol. The number of nitrogens with zero attached hydrogens (tertiary/aromatic N) is 2. The zero-order valence-electron chi connectivity index (χ0n) is 14.5. The molecule has 6 nitrogen and oxygen atoms in total. The van der Waals surface area contributed by atoms with E-state index in [2.05, 4.69) is 6.92 Å². The minimum atomic E-state index is -0.449. The molecule has 2 N–H and O–H groups in total. The van der Waals surface area contributed by atoms with Crippen LogP contribution in [0.3, 0.4) is 0 Å². The highest BCUT2D eigenvalue weighted by molar-refractivity contribution is 5.80. The summed E-state index contributed by atoms with van der Waals surface area (Å²) in [6, 6.07) is 7.49. The van der Waals surface area contributed by atoms with Gasteiger partial charge in [0.1, 0.15) is 12.4 Å². The molecule has 1 heterocycles. The Bertz CT molecular complexity index is 576. The van der Waals surface area contributed by atoms with Gasteiger partial charge in [-0.1, -0.05) is 25.1 Å². The van der Waals surface area contributed by atoms with Gasteiger partial charge in [-0.2, -0.15) is 0 Å². The number of benzene rings is 1. The molecule has 0 radical (unpaired) electrons. The van der Waals surface area contributed by atoms with Crippen LogP contribution in [-0.2, 0) is 11.2 Å². The maximum Gasteiger partial charge on any atom is 0.314 e. The van der Waals surface area contributed by atoms with E-state index >= 15 is 0 Å². The Balaban J connectivity index is 1.82. The largest absolute Gasteiger partial charge is 0.491 e. The van der Waals surface area contributed by atoms with Crippen LogP contribution < -0.4 is 10.5 Å². The fourth-order valence-electron chi connectivity index (χ4n) is 3.03. The Morgan fingerprint density at radius 2 is 2.12 bits per heavy atom. The number of hydrogen-bond donors (Lipinski definition) is 1. The highest BCUT2D eigenvalue weighted by Gasteiger charge is 2.29. The summed E-state index contributed by atoms with van der Waals surface area (Å²) >= 11 is 0. The summed E-state index contributed by atoms with van der Waals surface area (Å²) in [6.07, 6.45) is 2.52. The van der Waals surface area contributed by atoms with Crippen molar-refractivity contribution in [1.29, 1.82) is 0 Å². The molecule has 1 unspecified atom stereocenters. The number of para-hydroxylation sites is 1. The maximum absolute atomic E-state index is 12.5. The van der Waals surface area contributed by atoms with Crippen molar-refractivity contribution in [1.82, 2.24) is 9.80 Å². The smallest absolute Gasteiger partial charge is 0.314 e. The second-order valence-electron chi connectivity index (χ2n) is 6.19. The number of rotatable bonds is 6. The van der Waals surface area contributed by atoms with Crippen molar-refractivity contribution in [2.75, 3.05) is 33.3 Å². The number of carbonyl (C=O) groups excluding carboxylic acids is 2. The number of likely N-dealkylation sites (tertiary alicyclic amines) is 1. The Morgan fingerprint density at radius 3 is 2.83 bits per heavy atom. The minimum Gasteiger partial charge on any atom is -0.491 e. The molecule has 0 saturated carbocycles. The quantitative estimate of drug-likeness (QED) is 0.863. The topological polar surface area (TPSA) is 75.9 Å². The first kappa shape index (κ1) is 18.1. The molecular formula is C18H27N3O3. The van der Waals surface area contributed by atoms with Crippen LogP contribution >= 0.6 is 0 Å². The number of carbonyl (C=O) groups is 2. The molecule has 1 aliphatic heterocycles. The molecule has 0 spiro atoms. The first-order valence-corrected chi connectivity index (χ1v) is 8.53. The molecule has 3 amide bonds. The third kappa shape index (κ3) is 4.63. The molecule has 0 aromatic heterocycles. The van der Waals surface area contributed by atoms with Crippen molar-refractivity contribution >= 4 is 11.9 Å². The van der Waals surface area contributed by atoms with Gasteiger partial charge < -0.3 is 20.3 Å². The van der Waals surface area contributed by atoms with E-state index in [4.69, 9.17) is 10.5 Å². The van der Waals surface area contributed by atoms with Crippen molar-refractivity contribution in [2.24, 2.45) is 11.7 Å². The van der Waals surface area contributed by atoms with Gasteiger partial charge in [-0.15, -0.1) is 0 Å². The lowest BCUT2D eigenvalue weighted by molar-refractivity contribution is -0.135. The van der Waals surface area contributed by atoms with Gasteiger partial charge in [-0.05, 0) is 30.9 Å². The lowest BCUT2D eigenvalue weighted by atomic mass is 9.97. The lowest BCUT2D eigenvalue weighted by Crippen LogP contribution is -2.48. The third-order valence-electron chi connectivity index (χ3n) is 4.50. The zero-order chi connectivity index (χ0) is 17.5. The fraction of sp³-hybridized carbons (Fsp3) is 0.556. The van der Waals surface area contributed by atoms with Gasteiger partial charge in [0.2, 0.25) is 5.91 Å². The summed E-state index contributed by atoms with van der Waals surface area (Å²) < 4.78 is 5.82. The summed E-state index contributed by atoms with van der Waals surface area (Å²) in [5, 5.41) is 0. The summed E-state index contributed by atoms with van der Waals surface area (Å²) in [4.78, 5) is 27.0. The Morgan fingerprint density at radius 1 is 1.38 bits per heavy atom. The number of nitrogens with two attached hydrogens (primary N) is 1. The molecule has 1 aliphatic rings. The molecule has 1 saturated heterocycles. The molecule has 132 valence electrons. The van der Waals surface area contributed by atoms with E-state index in [0.717, 1.165) is 30.6 Å². The lowest BCUT2D eigenvalue weighted by Gasteiger charge is -2.32. The van der Waals surface area contributed by atoms with Crippen LogP contribution in [0.4, 0.5) is 4.79 Å². The summed E-state index contributed by atoms with van der Waals surface area (Å²) in [7, 11) is 1.78. The normalized spacial score (nSPS) is 17.4. The number of primary amides is 1. The summed E-state index contributed by atoms with van der Waals surface area (Å²) in [5.41, 5.74) is 6.48. The second-order valence-corrected chi connectivity index (χ2v) is 6.19. The van der Waals surface area contributed by atoms with Crippen LogP contribution in [0.15, 0.2) is 24.3 Å². The van der Waals surface area contributed by atoms with E-state index < -0.39 is 6.03 Å². The Kier molecular flexibility index (Phi) is 6.46. The number of amides is 3. The van der Waals surface area contributed by atoms with E-state index in [1.807, 2.05) is 24.3 Å². The number of ether oxygens (including phenoxy) is 1. The van der Waals surface area contributed by atoms with Gasteiger partial charge in [-0.25, -0.2) is 4.79 Å². The average molecular weight is 333 g/mol. The molecule has 1 aromatic rings. The van der Waals surface area contributed by atoms with Crippen molar-refractivity contribution in [2.45, 2.75) is 26.2 Å². The standard InChI is InChI=1S/C18H27N3O3/c1-3-14-7-4-5-9-16(14)24-12-11-20(2)17(22)15-8-6-10-21(13-15)18(19)23/h4-5,7,9,15H,3,6,8,10-13H2,1-2H3,(H2,19,23). The van der Waals surface area contributed by atoms with Crippen LogP contribution in [0.1, 0.15) is 25.3 Å². The number of urea groups is 1. The molecule has 1 fully saturated rings. The maximum atomic E-state index is 12.5. The number of aryl methyl sites for hydroxylation is 1. The Hall–Kier alpha value is -2.24. The van der Waals surface area contributed by atoms with Gasteiger partial charge in [0.05, 0.1) is 12.5 Å². The SMILES string of the molecule is CCc1ccccc1OCCN(C)C(=O)C1CCCN(C(N)=O)C1. The molecule has 1 aromatic carbocycles. The van der Waals surface area contributed by atoms with E-state index in [1.165, 1.54) is 0 Å². The van der Waals surface area contributed by atoms with E-state index in [-0.39, 0.29) is 11.8 Å². The first-order valence-electron chi connectivity index (χ1n) is 8.53. The van der Waals surface area contributed by atoms with Crippen LogP contribution in [0, 0.1) is 5.92 Å². The predicted octanol–water partition coefficient (Wildman–Crippen LogP) is 1.88. The molecule has 0 aliphatic carbocycles. The van der Waals surface area contributed by atoms with Crippen molar-refractivity contribution < 1.29 is 14.3 Å². The third-order valence-corrected chi connectivity index (χ3v) is 4.50. The van der Waals surface area contributed by atoms with Crippen LogP contribution in [0.25, 0.3) is 0 Å². The van der Waals surface area contributed by atoms with E-state index in [1.54, 1.807) is 16.8 Å². The molecule has 24 heavy (non-hydrogen) atoms. The monoisotopic (exact) mass is 333 g/mol. The van der Waals surface area contributed by atoms with Gasteiger partial charge >= 0.3 is 6.03 Å². The second kappa shape index (κ2) is 8.57. The zero-order valence-corrected chi connectivity index (χ0v) is 14.5. The number of piperidine rings is 1. The first-order chi connectivity index (χ1) is 11.5. The number of hydrogen-bond acceptors (Lipinski definition) is 3. The van der Waals surface area contributed by atoms with Gasteiger partial charge in [0.15, 0.2) is 0 Å². The highest BCUT2D eigenvalue weighted by atomic mass is 16.5. The van der Waals surface area contributed by atoms with Crippen molar-refractivity contribution in [3.8, 4) is 5.75 Å². The minimum absolute atomic E-state index is 0.0494. The van der Waals surface area contributed by atoms with Crippen molar-refractivity contribution in [3.63, 3.8) is 0 Å². The van der Waals surface area contributed by atoms with Crippen molar-refractivity contribution in [3.05, 3.63) is 29.8 Å². The van der Waals surface area contributed by atoms with Crippen LogP contribution in [-0.4, -0.2) is 55.0 Å². The number of likely N-dealkylation sites (N-methyl/N-ethyl adjacent to an activating group) is 1. The van der Waals surface area contributed by atoms with E-state index in [0.29, 0.717) is 26.2 Å². The predicted molar refractivity (Wildman–Crippen MR) is 92.8 cm³/mol. The Labute approximate surface area is 143 Å². The molecule has 0 bridgehead atoms. The van der Waals surface area contributed by atoms with E-state index in [9.17, 15) is 9.59 Å². The van der Waals surface area contributed by atoms with Gasteiger partial charge in [-0.3, -0.25) is 4.79 Å². The summed E-state index contributed by atoms with van der Waals surface area (Å²) in [6.45, 7) is 4.11.